The van der Waals surface area contributed by atoms with E-state index in [0.717, 1.165) is 57.3 Å². The van der Waals surface area contributed by atoms with E-state index in [-0.39, 0.29) is 35.4 Å². The number of carbonyl (C=O) groups excluding carboxylic acids is 1. The summed E-state index contributed by atoms with van der Waals surface area (Å²) in [4.78, 5) is 18.5. The largest absolute Gasteiger partial charge is 0.379 e. The second-order valence-corrected chi connectivity index (χ2v) is 7.29. The van der Waals surface area contributed by atoms with Gasteiger partial charge in [-0.3, -0.25) is 14.7 Å². The first-order valence-electron chi connectivity index (χ1n) is 9.54. The van der Waals surface area contributed by atoms with Crippen LogP contribution in [0.1, 0.15) is 29.8 Å². The summed E-state index contributed by atoms with van der Waals surface area (Å²) in [7, 11) is 3.42. The highest BCUT2D eigenvalue weighted by atomic mass is 127. The van der Waals surface area contributed by atoms with Gasteiger partial charge in [0.1, 0.15) is 0 Å². The summed E-state index contributed by atoms with van der Waals surface area (Å²) in [6, 6.07) is 7.70. The van der Waals surface area contributed by atoms with Crippen LogP contribution in [0.5, 0.6) is 0 Å². The Hall–Kier alpha value is -1.39. The molecule has 1 heterocycles. The lowest BCUT2D eigenvalue weighted by molar-refractivity contribution is -0.00833. The fraction of sp³-hybridized carbons (Fsp3) is 0.600. The molecule has 7 nitrogen and oxygen atoms in total. The van der Waals surface area contributed by atoms with Gasteiger partial charge in [0, 0.05) is 51.4 Å². The number of guanidine groups is 1. The molecular formula is C20H34IN5O2. The molecule has 0 aliphatic carbocycles. The number of hydrogen-bond donors (Lipinski definition) is 3. The smallest absolute Gasteiger partial charge is 0.251 e. The number of rotatable bonds is 7. The zero-order valence-electron chi connectivity index (χ0n) is 17.4. The molecule has 0 saturated carbocycles. The monoisotopic (exact) mass is 503 g/mol. The fourth-order valence-corrected chi connectivity index (χ4v) is 3.14. The number of nitrogens with one attached hydrogen (secondary N) is 3. The maximum absolute atomic E-state index is 11.7. The zero-order chi connectivity index (χ0) is 19.7. The number of aliphatic imine (C=N–C) groups is 1. The Morgan fingerprint density at radius 1 is 1.25 bits per heavy atom. The SMILES string of the molecule is CN=C(NCCc1cccc(C(=O)NC)c1)NCC(C)(C)N1CCOCC1.I. The molecule has 28 heavy (non-hydrogen) atoms. The third-order valence-electron chi connectivity index (χ3n) is 4.90. The van der Waals surface area contributed by atoms with Crippen LogP contribution in [0.2, 0.25) is 0 Å². The summed E-state index contributed by atoms with van der Waals surface area (Å²) in [5.41, 5.74) is 1.83. The number of carbonyl (C=O) groups is 1. The molecule has 0 spiro atoms. The number of halogens is 1. The number of hydrogen-bond acceptors (Lipinski definition) is 4. The summed E-state index contributed by atoms with van der Waals surface area (Å²) >= 11 is 0. The molecule has 3 N–H and O–H groups in total. The lowest BCUT2D eigenvalue weighted by atomic mass is 10.0. The highest BCUT2D eigenvalue weighted by molar-refractivity contribution is 14.0. The van der Waals surface area contributed by atoms with Gasteiger partial charge in [-0.1, -0.05) is 12.1 Å². The van der Waals surface area contributed by atoms with Crippen molar-refractivity contribution in [2.24, 2.45) is 4.99 Å². The molecule has 0 aromatic heterocycles. The van der Waals surface area contributed by atoms with Crippen molar-refractivity contribution in [2.75, 3.05) is 53.5 Å². The third-order valence-corrected chi connectivity index (χ3v) is 4.90. The van der Waals surface area contributed by atoms with E-state index in [2.05, 4.69) is 39.7 Å². The molecule has 1 fully saturated rings. The normalized spacial score (nSPS) is 15.5. The topological polar surface area (TPSA) is 78.0 Å². The van der Waals surface area contributed by atoms with Crippen LogP contribution in [-0.4, -0.2) is 75.8 Å². The summed E-state index contributed by atoms with van der Waals surface area (Å²) in [6.07, 6.45) is 0.818. The Kier molecular flexibility index (Phi) is 10.8. The lowest BCUT2D eigenvalue weighted by Crippen LogP contribution is -2.56. The van der Waals surface area contributed by atoms with Crippen LogP contribution >= 0.6 is 24.0 Å². The molecule has 8 heteroatoms. The summed E-state index contributed by atoms with van der Waals surface area (Å²) in [5, 5.41) is 9.43. The predicted molar refractivity (Wildman–Crippen MR) is 125 cm³/mol. The van der Waals surface area contributed by atoms with Gasteiger partial charge in [-0.05, 0) is 38.0 Å². The third kappa shape index (κ3) is 7.56. The molecule has 1 aliphatic rings. The van der Waals surface area contributed by atoms with E-state index in [0.29, 0.717) is 5.56 Å². The van der Waals surface area contributed by atoms with Crippen molar-refractivity contribution < 1.29 is 9.53 Å². The van der Waals surface area contributed by atoms with Gasteiger partial charge in [0.05, 0.1) is 13.2 Å². The highest BCUT2D eigenvalue weighted by Gasteiger charge is 2.28. The van der Waals surface area contributed by atoms with Gasteiger partial charge >= 0.3 is 0 Å². The zero-order valence-corrected chi connectivity index (χ0v) is 19.7. The Morgan fingerprint density at radius 3 is 2.61 bits per heavy atom. The van der Waals surface area contributed by atoms with Crippen molar-refractivity contribution in [2.45, 2.75) is 25.8 Å². The number of benzene rings is 1. The second-order valence-electron chi connectivity index (χ2n) is 7.29. The molecule has 158 valence electrons. The maximum atomic E-state index is 11.7. The Bertz CT molecular complexity index is 645. The van der Waals surface area contributed by atoms with Gasteiger partial charge in [0.2, 0.25) is 0 Å². The van der Waals surface area contributed by atoms with Gasteiger partial charge in [-0.25, -0.2) is 0 Å². The van der Waals surface area contributed by atoms with Crippen molar-refractivity contribution >= 4 is 35.8 Å². The standard InChI is InChI=1S/C20H33N5O2.HI/c1-20(2,25-10-12-27-13-11-25)15-24-19(22-4)23-9-8-16-6-5-7-17(14-16)18(26)21-3;/h5-7,14H,8-13,15H2,1-4H3,(H,21,26)(H2,22,23,24);1H. The quantitative estimate of drug-likeness (QED) is 0.299. The molecule has 2 rings (SSSR count). The average molecular weight is 503 g/mol. The minimum absolute atomic E-state index is 0. The van der Waals surface area contributed by atoms with Crippen molar-refractivity contribution in [1.29, 1.82) is 0 Å². The van der Waals surface area contributed by atoms with Crippen molar-refractivity contribution in [1.82, 2.24) is 20.9 Å². The maximum Gasteiger partial charge on any atom is 0.251 e. The first kappa shape index (κ1) is 24.6. The molecule has 1 saturated heterocycles. The van der Waals surface area contributed by atoms with Crippen molar-refractivity contribution in [3.63, 3.8) is 0 Å². The van der Waals surface area contributed by atoms with E-state index in [4.69, 9.17) is 4.74 Å². The average Bonchev–Trinajstić information content (AvgIpc) is 2.70. The van der Waals surface area contributed by atoms with Gasteiger partial charge in [0.25, 0.3) is 5.91 Å². The summed E-state index contributed by atoms with van der Waals surface area (Å²) in [6.45, 7) is 9.54. The number of morpholine rings is 1. The van der Waals surface area contributed by atoms with Crippen LogP contribution in [0.4, 0.5) is 0 Å². The molecule has 1 aliphatic heterocycles. The van der Waals surface area contributed by atoms with Crippen LogP contribution in [-0.2, 0) is 11.2 Å². The molecular weight excluding hydrogens is 469 g/mol. The summed E-state index contributed by atoms with van der Waals surface area (Å²) < 4.78 is 5.44. The van der Waals surface area contributed by atoms with Gasteiger partial charge in [0.15, 0.2) is 5.96 Å². The lowest BCUT2D eigenvalue weighted by Gasteiger charge is -2.41. The van der Waals surface area contributed by atoms with Crippen molar-refractivity contribution in [3.8, 4) is 0 Å². The molecule has 0 atom stereocenters. The van der Waals surface area contributed by atoms with Crippen LogP contribution in [0.25, 0.3) is 0 Å². The van der Waals surface area contributed by atoms with Crippen LogP contribution < -0.4 is 16.0 Å². The van der Waals surface area contributed by atoms with Crippen LogP contribution in [0.3, 0.4) is 0 Å². The van der Waals surface area contributed by atoms with Crippen LogP contribution in [0.15, 0.2) is 29.3 Å². The minimum Gasteiger partial charge on any atom is -0.379 e. The Balaban J connectivity index is 0.00000392. The first-order valence-corrected chi connectivity index (χ1v) is 9.54. The Labute approximate surface area is 185 Å². The van der Waals surface area contributed by atoms with Gasteiger partial charge in [-0.15, -0.1) is 24.0 Å². The molecule has 0 bridgehead atoms. The van der Waals surface area contributed by atoms with Crippen molar-refractivity contribution in [3.05, 3.63) is 35.4 Å². The molecule has 1 aromatic carbocycles. The summed E-state index contributed by atoms with van der Waals surface area (Å²) in [5.74, 6) is 0.728. The van der Waals surface area contributed by atoms with E-state index in [1.54, 1.807) is 14.1 Å². The molecule has 0 unspecified atom stereocenters. The first-order chi connectivity index (χ1) is 13.0. The van der Waals surface area contributed by atoms with Crippen LogP contribution in [0, 0.1) is 0 Å². The number of nitrogens with zero attached hydrogens (tertiary/aromatic N) is 2. The second kappa shape index (κ2) is 12.2. The molecule has 1 amide bonds. The molecule has 1 aromatic rings. The minimum atomic E-state index is -0.0624. The fourth-order valence-electron chi connectivity index (χ4n) is 3.14. The van der Waals surface area contributed by atoms with E-state index in [1.165, 1.54) is 0 Å². The van der Waals surface area contributed by atoms with Gasteiger partial charge in [-0.2, -0.15) is 0 Å². The number of ether oxygens (including phenoxy) is 1. The van der Waals surface area contributed by atoms with E-state index in [1.807, 2.05) is 24.3 Å². The van der Waals surface area contributed by atoms with E-state index < -0.39 is 0 Å². The molecule has 0 radical (unpaired) electrons. The van der Waals surface area contributed by atoms with Gasteiger partial charge < -0.3 is 20.7 Å². The van der Waals surface area contributed by atoms with E-state index >= 15 is 0 Å². The Morgan fingerprint density at radius 2 is 1.96 bits per heavy atom. The number of amides is 1. The van der Waals surface area contributed by atoms with E-state index in [9.17, 15) is 4.79 Å². The predicted octanol–water partition coefficient (Wildman–Crippen LogP) is 1.48. The highest BCUT2D eigenvalue weighted by Crippen LogP contribution is 2.15.